The number of anilines is 1. The van der Waals surface area contributed by atoms with Gasteiger partial charge in [-0.2, -0.15) is 0 Å². The van der Waals surface area contributed by atoms with Crippen LogP contribution in [-0.4, -0.2) is 47.9 Å². The lowest BCUT2D eigenvalue weighted by Crippen LogP contribution is -2.59. The maximum absolute atomic E-state index is 14.2. The second-order valence-electron chi connectivity index (χ2n) is 14.3. The first-order valence-electron chi connectivity index (χ1n) is 16.5. The first kappa shape index (κ1) is 35.4. The number of benzene rings is 3. The Morgan fingerprint density at radius 2 is 1.84 bits per heavy atom. The van der Waals surface area contributed by atoms with Crippen LogP contribution in [0.5, 0.6) is 11.5 Å². The summed E-state index contributed by atoms with van der Waals surface area (Å²) in [7, 11) is -3.88. The molecule has 3 aliphatic rings. The Morgan fingerprint density at radius 3 is 2.52 bits per heavy atom. The maximum Gasteiger partial charge on any atom is 0.259 e. The Kier molecular flexibility index (Phi) is 9.47. The quantitative estimate of drug-likeness (QED) is 0.167. The van der Waals surface area contributed by atoms with Crippen molar-refractivity contribution < 1.29 is 31.9 Å². The summed E-state index contributed by atoms with van der Waals surface area (Å²) in [5.41, 5.74) is 6.51. The average Bonchev–Trinajstić information content (AvgIpc) is 3.97. The molecule has 2 fully saturated rings. The third-order valence-electron chi connectivity index (χ3n) is 9.62. The van der Waals surface area contributed by atoms with Crippen LogP contribution in [0.2, 0.25) is 5.02 Å². The lowest BCUT2D eigenvalue weighted by molar-refractivity contribution is -0.144. The summed E-state index contributed by atoms with van der Waals surface area (Å²) in [6, 6.07) is 15.5. The molecular weight excluding hydrogens is 683 g/mol. The lowest BCUT2D eigenvalue weighted by atomic mass is 9.81. The van der Waals surface area contributed by atoms with Crippen LogP contribution in [0.15, 0.2) is 73.3 Å². The van der Waals surface area contributed by atoms with Crippen LogP contribution in [0.1, 0.15) is 56.2 Å². The van der Waals surface area contributed by atoms with Gasteiger partial charge >= 0.3 is 0 Å². The highest BCUT2D eigenvalue weighted by molar-refractivity contribution is 7.91. The molecule has 264 valence electrons. The molecule has 0 unspecified atom stereocenters. The number of nitrogen functional groups attached to an aromatic ring is 1. The van der Waals surface area contributed by atoms with Crippen LogP contribution in [0.4, 0.5) is 10.1 Å². The zero-order valence-corrected chi connectivity index (χ0v) is 29.5. The number of carbonyl (C=O) groups excluding carboxylic acids is 3. The SMILES string of the molecule is C=C[C@@H]1C[C@]1(NC(=O)[C@@H]1Cc2cc(Oc3cccc(Cl)c3)ccc2CN1C(=O)CC(C)(C)Cc1cc(F)ccc1N)C(=O)NS(=O)(=O)C1CC1. The lowest BCUT2D eigenvalue weighted by Gasteiger charge is -2.38. The second-order valence-corrected chi connectivity index (χ2v) is 16.7. The molecule has 10 nitrogen and oxygen atoms in total. The summed E-state index contributed by atoms with van der Waals surface area (Å²) in [4.78, 5) is 43.3. The second kappa shape index (κ2) is 13.4. The first-order valence-corrected chi connectivity index (χ1v) is 18.4. The van der Waals surface area contributed by atoms with E-state index in [1.165, 1.54) is 29.2 Å². The monoisotopic (exact) mass is 722 g/mol. The van der Waals surface area contributed by atoms with Gasteiger partial charge in [-0.15, -0.1) is 6.58 Å². The first-order chi connectivity index (χ1) is 23.6. The van der Waals surface area contributed by atoms with E-state index in [1.54, 1.807) is 30.3 Å². The van der Waals surface area contributed by atoms with E-state index in [4.69, 9.17) is 22.1 Å². The van der Waals surface area contributed by atoms with Crippen LogP contribution >= 0.6 is 11.6 Å². The van der Waals surface area contributed by atoms with Gasteiger partial charge in [-0.05, 0) is 96.3 Å². The number of hydrogen-bond acceptors (Lipinski definition) is 7. The zero-order chi connectivity index (χ0) is 36.0. The molecule has 3 aromatic rings. The highest BCUT2D eigenvalue weighted by Crippen LogP contribution is 2.45. The fourth-order valence-electron chi connectivity index (χ4n) is 6.62. The van der Waals surface area contributed by atoms with Crippen LogP contribution in [0.3, 0.4) is 0 Å². The van der Waals surface area contributed by atoms with Crippen molar-refractivity contribution in [3.63, 3.8) is 0 Å². The normalized spacial score (nSPS) is 21.5. The van der Waals surface area contributed by atoms with Gasteiger partial charge in [-0.1, -0.05) is 43.7 Å². The van der Waals surface area contributed by atoms with E-state index >= 15 is 0 Å². The largest absolute Gasteiger partial charge is 0.457 e. The van der Waals surface area contributed by atoms with E-state index in [9.17, 15) is 27.2 Å². The summed E-state index contributed by atoms with van der Waals surface area (Å²) >= 11 is 6.13. The Balaban J connectivity index is 1.27. The van der Waals surface area contributed by atoms with E-state index < -0.39 is 55.8 Å². The number of halogens is 2. The van der Waals surface area contributed by atoms with Gasteiger partial charge < -0.3 is 20.7 Å². The van der Waals surface area contributed by atoms with Gasteiger partial charge in [0.1, 0.15) is 28.9 Å². The molecule has 0 bridgehead atoms. The number of nitrogens with one attached hydrogen (secondary N) is 2. The average molecular weight is 723 g/mol. The van der Waals surface area contributed by atoms with Crippen molar-refractivity contribution in [2.75, 3.05) is 5.73 Å². The Morgan fingerprint density at radius 1 is 1.10 bits per heavy atom. The number of carbonyl (C=O) groups is 3. The molecule has 0 saturated heterocycles. The molecule has 1 aliphatic heterocycles. The van der Waals surface area contributed by atoms with Crippen LogP contribution in [-0.2, 0) is 43.8 Å². The van der Waals surface area contributed by atoms with E-state index in [-0.39, 0.29) is 31.7 Å². The van der Waals surface area contributed by atoms with Crippen molar-refractivity contribution in [2.45, 2.75) is 75.7 Å². The Labute approximate surface area is 296 Å². The third-order valence-corrected chi connectivity index (χ3v) is 11.7. The number of sulfonamides is 1. The van der Waals surface area contributed by atoms with E-state index in [0.29, 0.717) is 47.0 Å². The molecule has 0 spiro atoms. The third kappa shape index (κ3) is 7.66. The van der Waals surface area contributed by atoms with Crippen molar-refractivity contribution >= 4 is 45.0 Å². The fraction of sp³-hybridized carbons (Fsp3) is 0.378. The molecule has 2 saturated carbocycles. The molecule has 0 radical (unpaired) electrons. The van der Waals surface area contributed by atoms with Crippen molar-refractivity contribution in [1.29, 1.82) is 0 Å². The number of ether oxygens (including phenoxy) is 1. The topological polar surface area (TPSA) is 148 Å². The summed E-state index contributed by atoms with van der Waals surface area (Å²) in [6.45, 7) is 7.62. The van der Waals surface area contributed by atoms with Gasteiger partial charge in [-0.25, -0.2) is 12.8 Å². The minimum atomic E-state index is -3.88. The summed E-state index contributed by atoms with van der Waals surface area (Å²) < 4.78 is 47.6. The minimum absolute atomic E-state index is 0.0125. The van der Waals surface area contributed by atoms with Crippen molar-refractivity contribution in [3.8, 4) is 11.5 Å². The molecule has 2 aliphatic carbocycles. The molecule has 3 atom stereocenters. The van der Waals surface area contributed by atoms with Crippen LogP contribution in [0, 0.1) is 17.2 Å². The molecule has 1 heterocycles. The highest BCUT2D eigenvalue weighted by atomic mass is 35.5. The molecule has 50 heavy (non-hydrogen) atoms. The predicted octanol–water partition coefficient (Wildman–Crippen LogP) is 5.44. The van der Waals surface area contributed by atoms with Crippen molar-refractivity contribution in [1.82, 2.24) is 14.9 Å². The van der Waals surface area contributed by atoms with E-state index in [2.05, 4.69) is 16.6 Å². The highest BCUT2D eigenvalue weighted by Gasteiger charge is 2.61. The Hall–Kier alpha value is -4.42. The molecule has 13 heteroatoms. The molecule has 6 rings (SSSR count). The zero-order valence-electron chi connectivity index (χ0n) is 27.9. The molecule has 4 N–H and O–H groups in total. The molecular formula is C37H40ClFN4O6S. The smallest absolute Gasteiger partial charge is 0.259 e. The van der Waals surface area contributed by atoms with Crippen LogP contribution in [0.25, 0.3) is 0 Å². The van der Waals surface area contributed by atoms with E-state index in [1.807, 2.05) is 26.0 Å². The maximum atomic E-state index is 14.2. The van der Waals surface area contributed by atoms with Gasteiger partial charge in [0.25, 0.3) is 5.91 Å². The van der Waals surface area contributed by atoms with Crippen molar-refractivity contribution in [2.24, 2.45) is 11.3 Å². The van der Waals surface area contributed by atoms with Gasteiger partial charge in [0, 0.05) is 36.0 Å². The summed E-state index contributed by atoms with van der Waals surface area (Å²) in [5.74, 6) is -1.62. The standard InChI is InChI=1S/C37H40ClFN4O6S/c1-4-25-19-37(25,35(46)42-50(47,48)30-11-12-30)41-34(45)32-16-23-15-29(49-28-7-5-6-26(38)17-28)10-8-22(23)21-43(32)33(44)20-36(2,3)18-24-14-27(39)9-13-31(24)40/h4-10,13-15,17,25,30,32H,1,11-12,16,18-21,40H2,2-3H3,(H,41,45)(H,42,46)/t25-,32+,37-/m1/s1. The number of amides is 3. The number of fused-ring (bicyclic) bond motifs is 1. The van der Waals surface area contributed by atoms with Crippen molar-refractivity contribution in [3.05, 3.63) is 101 Å². The molecule has 3 aromatic carbocycles. The Bertz CT molecular complexity index is 1980. The van der Waals surface area contributed by atoms with Crippen LogP contribution < -0.4 is 20.5 Å². The molecule has 0 aromatic heterocycles. The number of nitrogens with two attached hydrogens (primary N) is 1. The minimum Gasteiger partial charge on any atom is -0.457 e. The fourth-order valence-corrected chi connectivity index (χ4v) is 8.16. The summed E-state index contributed by atoms with van der Waals surface area (Å²) in [6.07, 6.45) is 3.06. The van der Waals surface area contributed by atoms with Gasteiger partial charge in [0.05, 0.1) is 5.25 Å². The van der Waals surface area contributed by atoms with E-state index in [0.717, 1.165) is 11.1 Å². The van der Waals surface area contributed by atoms with Gasteiger partial charge in [-0.3, -0.25) is 19.1 Å². The number of hydrogen-bond donors (Lipinski definition) is 3. The summed E-state index contributed by atoms with van der Waals surface area (Å²) in [5, 5.41) is 2.71. The number of rotatable bonds is 12. The molecule has 3 amide bonds. The number of nitrogens with zero attached hydrogens (tertiary/aromatic N) is 1. The van der Waals surface area contributed by atoms with Gasteiger partial charge in [0.2, 0.25) is 21.8 Å². The predicted molar refractivity (Wildman–Crippen MR) is 188 cm³/mol. The van der Waals surface area contributed by atoms with Gasteiger partial charge in [0.15, 0.2) is 0 Å².